The Hall–Kier alpha value is -3.03. The van der Waals surface area contributed by atoms with Gasteiger partial charge in [0.2, 0.25) is 0 Å². The summed E-state index contributed by atoms with van der Waals surface area (Å²) in [6.07, 6.45) is 9.79. The van der Waals surface area contributed by atoms with Crippen molar-refractivity contribution in [3.8, 4) is 22.8 Å². The second-order valence-corrected chi connectivity index (χ2v) is 10.6. The second-order valence-electron chi connectivity index (χ2n) is 8.85. The van der Waals surface area contributed by atoms with Crippen LogP contribution in [0.5, 0.6) is 11.5 Å². The lowest BCUT2D eigenvalue weighted by Gasteiger charge is -2.14. The third kappa shape index (κ3) is 4.39. The summed E-state index contributed by atoms with van der Waals surface area (Å²) in [6.45, 7) is 0.229. The van der Waals surface area contributed by atoms with Gasteiger partial charge in [0, 0.05) is 11.5 Å². The van der Waals surface area contributed by atoms with Crippen molar-refractivity contribution in [1.29, 1.82) is 0 Å². The van der Waals surface area contributed by atoms with Crippen LogP contribution in [0.15, 0.2) is 69.7 Å². The number of benzene rings is 3. The van der Waals surface area contributed by atoms with Crippen molar-refractivity contribution in [3.63, 3.8) is 0 Å². The topological polar surface area (TPSA) is 68.1 Å². The summed E-state index contributed by atoms with van der Waals surface area (Å²) >= 11 is 6.67. The fourth-order valence-corrected chi connectivity index (χ4v) is 5.99. The molecular weight excluding hydrogens is 570 g/mol. The first-order valence-electron chi connectivity index (χ1n) is 11.5. The quantitative estimate of drug-likeness (QED) is 0.271. The Morgan fingerprint density at radius 1 is 0.943 bits per heavy atom. The predicted molar refractivity (Wildman–Crippen MR) is 142 cm³/mol. The molecule has 1 aromatic heterocycles. The number of aryl methyl sites for hydroxylation is 2. The van der Waals surface area contributed by atoms with Gasteiger partial charge in [0.25, 0.3) is 0 Å². The van der Waals surface area contributed by atoms with Crippen LogP contribution in [0.2, 0.25) is 0 Å². The van der Waals surface area contributed by atoms with Crippen molar-refractivity contribution in [2.75, 3.05) is 0 Å². The first-order chi connectivity index (χ1) is 17.0. The van der Waals surface area contributed by atoms with Gasteiger partial charge in [-0.15, -0.1) is 10.2 Å². The molecule has 0 spiro atoms. The van der Waals surface area contributed by atoms with E-state index >= 15 is 0 Å². The molecule has 174 valence electrons. The van der Waals surface area contributed by atoms with Crippen molar-refractivity contribution >= 4 is 37.9 Å². The second kappa shape index (κ2) is 9.21. The zero-order valence-corrected chi connectivity index (χ0v) is 21.9. The van der Waals surface area contributed by atoms with E-state index in [4.69, 9.17) is 4.74 Å². The van der Waals surface area contributed by atoms with Gasteiger partial charge in [0.15, 0.2) is 5.82 Å². The lowest BCUT2D eigenvalue weighted by atomic mass is 9.91. The average Bonchev–Trinajstić information content (AvgIpc) is 3.52. The summed E-state index contributed by atoms with van der Waals surface area (Å²) in [4.78, 5) is 4.40. The van der Waals surface area contributed by atoms with Gasteiger partial charge in [0.05, 0.1) is 15.1 Å². The average molecular weight is 591 g/mol. The normalized spacial score (nSPS) is 15.8. The number of aromatic hydroxyl groups is 1. The highest BCUT2D eigenvalue weighted by molar-refractivity contribution is 9.11. The molecule has 0 saturated heterocycles. The lowest BCUT2D eigenvalue weighted by molar-refractivity contribution is 0.294. The van der Waals surface area contributed by atoms with Gasteiger partial charge < -0.3 is 9.84 Å². The summed E-state index contributed by atoms with van der Waals surface area (Å²) in [5, 5.41) is 18.4. The maximum Gasteiger partial charge on any atom is 0.188 e. The van der Waals surface area contributed by atoms with E-state index in [9.17, 15) is 5.11 Å². The summed E-state index contributed by atoms with van der Waals surface area (Å²) in [7, 11) is 0. The number of phenolic OH excluding ortho intramolecular Hbond substituents is 1. The van der Waals surface area contributed by atoms with Crippen molar-refractivity contribution in [2.24, 2.45) is 0 Å². The Morgan fingerprint density at radius 3 is 2.57 bits per heavy atom. The highest BCUT2D eigenvalue weighted by atomic mass is 79.9. The highest BCUT2D eigenvalue weighted by Gasteiger charge is 2.21. The minimum atomic E-state index is 0.141. The smallest absolute Gasteiger partial charge is 0.188 e. The lowest BCUT2D eigenvalue weighted by Crippen LogP contribution is -2.04. The van der Waals surface area contributed by atoms with Gasteiger partial charge in [-0.25, -0.2) is 4.98 Å². The van der Waals surface area contributed by atoms with Crippen molar-refractivity contribution in [1.82, 2.24) is 15.2 Å². The van der Waals surface area contributed by atoms with Gasteiger partial charge >= 0.3 is 0 Å². The third-order valence-electron chi connectivity index (χ3n) is 6.63. The maximum absolute atomic E-state index is 9.90. The molecule has 0 fully saturated rings. The number of halogens is 2. The first-order valence-corrected chi connectivity index (χ1v) is 13.1. The Morgan fingerprint density at radius 2 is 1.77 bits per heavy atom. The maximum atomic E-state index is 9.90. The van der Waals surface area contributed by atoms with E-state index in [0.29, 0.717) is 26.4 Å². The van der Waals surface area contributed by atoms with Crippen LogP contribution in [0.25, 0.3) is 17.3 Å². The largest absolute Gasteiger partial charge is 0.506 e. The van der Waals surface area contributed by atoms with E-state index in [1.165, 1.54) is 47.1 Å². The van der Waals surface area contributed by atoms with Crippen LogP contribution in [0.1, 0.15) is 46.0 Å². The molecule has 35 heavy (non-hydrogen) atoms. The van der Waals surface area contributed by atoms with Crippen molar-refractivity contribution in [3.05, 3.63) is 103 Å². The zero-order chi connectivity index (χ0) is 23.9. The molecule has 2 aliphatic rings. The fraction of sp³-hybridized carbons (Fsp3) is 0.179. The Labute approximate surface area is 220 Å². The van der Waals surface area contributed by atoms with E-state index in [2.05, 4.69) is 89.5 Å². The van der Waals surface area contributed by atoms with Crippen LogP contribution in [-0.4, -0.2) is 20.3 Å². The van der Waals surface area contributed by atoms with Gasteiger partial charge in [-0.05, 0) is 103 Å². The van der Waals surface area contributed by atoms with Crippen LogP contribution < -0.4 is 4.74 Å². The number of phenols is 1. The van der Waals surface area contributed by atoms with E-state index < -0.39 is 0 Å². The number of allylic oxidation sites excluding steroid dienone is 1. The van der Waals surface area contributed by atoms with Gasteiger partial charge in [0.1, 0.15) is 23.8 Å². The molecule has 0 saturated carbocycles. The number of rotatable bonds is 5. The third-order valence-corrected chi connectivity index (χ3v) is 7.84. The molecule has 7 heteroatoms. The molecule has 1 N–H and O–H groups in total. The Bertz CT molecular complexity index is 1450. The van der Waals surface area contributed by atoms with Gasteiger partial charge in [-0.3, -0.25) is 0 Å². The molecule has 0 aliphatic heterocycles. The number of aromatic nitrogens is 3. The van der Waals surface area contributed by atoms with Gasteiger partial charge in [-0.1, -0.05) is 36.4 Å². The minimum absolute atomic E-state index is 0.141. The standard InChI is InChI=1S/C28H21Br2N3O2/c29-24-12-20(13-25(30)28(24)34)26-14-31-27(33-32-26)15-35-21-7-9-23-19(11-21)6-8-22(23)18-5-4-16-2-1-3-17(16)10-18/h4-14,22,34H,1-3,15H2. The minimum Gasteiger partial charge on any atom is -0.506 e. The van der Waals surface area contributed by atoms with E-state index in [-0.39, 0.29) is 12.4 Å². The summed E-state index contributed by atoms with van der Waals surface area (Å²) < 4.78 is 7.11. The molecular formula is C28H21Br2N3O2. The Kier molecular flexibility index (Phi) is 5.90. The first kappa shape index (κ1) is 22.4. The monoisotopic (exact) mass is 589 g/mol. The molecule has 3 aromatic carbocycles. The number of hydrogen-bond acceptors (Lipinski definition) is 5. The summed E-state index contributed by atoms with van der Waals surface area (Å²) in [5.74, 6) is 1.72. The molecule has 0 bridgehead atoms. The van der Waals surface area contributed by atoms with E-state index in [1.807, 2.05) is 6.07 Å². The van der Waals surface area contributed by atoms with Crippen molar-refractivity contribution < 1.29 is 9.84 Å². The van der Waals surface area contributed by atoms with Crippen molar-refractivity contribution in [2.45, 2.75) is 31.8 Å². The highest BCUT2D eigenvalue weighted by Crippen LogP contribution is 2.39. The van der Waals surface area contributed by atoms with Crippen LogP contribution in [-0.2, 0) is 19.4 Å². The fourth-order valence-electron chi connectivity index (χ4n) is 4.81. The van der Waals surface area contributed by atoms with E-state index in [0.717, 1.165) is 11.3 Å². The zero-order valence-electron chi connectivity index (χ0n) is 18.7. The van der Waals surface area contributed by atoms with Gasteiger partial charge in [-0.2, -0.15) is 0 Å². The SMILES string of the molecule is Oc1c(Br)cc(-c2cnc(COc3ccc4c(c3)C=CC4c3ccc4c(c3)CCC4)nn2)cc1Br. The summed E-state index contributed by atoms with van der Waals surface area (Å²) in [5.41, 5.74) is 8.27. The predicted octanol–water partition coefficient (Wildman–Crippen LogP) is 7.00. The molecule has 1 unspecified atom stereocenters. The molecule has 4 aromatic rings. The molecule has 5 nitrogen and oxygen atoms in total. The molecule has 2 aliphatic carbocycles. The van der Waals surface area contributed by atoms with Crippen LogP contribution in [0, 0.1) is 0 Å². The number of ether oxygens (including phenoxy) is 1. The molecule has 0 amide bonds. The summed E-state index contributed by atoms with van der Waals surface area (Å²) in [6, 6.07) is 16.8. The van der Waals surface area contributed by atoms with Crippen LogP contribution >= 0.6 is 31.9 Å². The number of hydrogen-bond donors (Lipinski definition) is 1. The molecule has 6 rings (SSSR count). The Balaban J connectivity index is 1.14. The molecule has 1 heterocycles. The number of fused-ring (bicyclic) bond motifs is 2. The van der Waals surface area contributed by atoms with Crippen LogP contribution in [0.4, 0.5) is 0 Å². The van der Waals surface area contributed by atoms with Crippen LogP contribution in [0.3, 0.4) is 0 Å². The molecule has 1 atom stereocenters. The number of nitrogens with zero attached hydrogens (tertiary/aromatic N) is 3. The van der Waals surface area contributed by atoms with E-state index in [1.54, 1.807) is 18.3 Å². The molecule has 0 radical (unpaired) electrons.